The van der Waals surface area contributed by atoms with E-state index in [1.165, 1.54) is 11.1 Å². The molecule has 4 saturated heterocycles. The van der Waals surface area contributed by atoms with Gasteiger partial charge in [0.1, 0.15) is 36.9 Å². The van der Waals surface area contributed by atoms with Crippen LogP contribution in [0.5, 0.6) is 11.5 Å². The quantitative estimate of drug-likeness (QED) is 0.101. The van der Waals surface area contributed by atoms with Crippen molar-refractivity contribution in [2.75, 3.05) is 46.2 Å². The van der Waals surface area contributed by atoms with Crippen molar-refractivity contribution in [2.45, 2.75) is 114 Å². The van der Waals surface area contributed by atoms with Crippen molar-refractivity contribution in [3.63, 3.8) is 0 Å². The lowest BCUT2D eigenvalue weighted by molar-refractivity contribution is -0.148. The van der Waals surface area contributed by atoms with Crippen molar-refractivity contribution >= 4 is 11.9 Å². The Kier molecular flexibility index (Phi) is 13.3. The van der Waals surface area contributed by atoms with Gasteiger partial charge >= 0.3 is 11.9 Å². The molecular formula is C41H56O10. The predicted octanol–water partition coefficient (Wildman–Crippen LogP) is 6.58. The van der Waals surface area contributed by atoms with Crippen LogP contribution >= 0.6 is 0 Å². The molecule has 10 heteroatoms. The molecule has 2 aromatic rings. The number of fused-ring (bicyclic) bond motifs is 1. The van der Waals surface area contributed by atoms with Gasteiger partial charge in [-0.2, -0.15) is 0 Å². The largest absolute Gasteiger partial charge is 0.491 e. The molecule has 0 bridgehead atoms. The molecule has 0 amide bonds. The Bertz CT molecular complexity index is 1300. The minimum atomic E-state index is -0.168. The van der Waals surface area contributed by atoms with Crippen molar-refractivity contribution in [3.05, 3.63) is 59.7 Å². The number of rotatable bonds is 17. The third kappa shape index (κ3) is 12.5. The van der Waals surface area contributed by atoms with Gasteiger partial charge in [-0.15, -0.1) is 0 Å². The maximum Gasteiger partial charge on any atom is 0.305 e. The molecule has 4 aliphatic heterocycles. The fourth-order valence-electron chi connectivity index (χ4n) is 6.79. The molecule has 5 fully saturated rings. The van der Waals surface area contributed by atoms with Crippen LogP contribution in [0.1, 0.15) is 89.7 Å². The number of unbranched alkanes of at least 4 members (excludes halogenated alkanes) is 1. The van der Waals surface area contributed by atoms with Crippen LogP contribution in [-0.2, 0) is 43.4 Å². The molecule has 10 nitrogen and oxygen atoms in total. The van der Waals surface area contributed by atoms with Gasteiger partial charge in [-0.05, 0) is 99.1 Å². The number of carbonyl (C=O) groups excluding carboxylic acids is 2. The summed E-state index contributed by atoms with van der Waals surface area (Å²) < 4.78 is 43.5. The fourth-order valence-corrected chi connectivity index (χ4v) is 6.79. The van der Waals surface area contributed by atoms with E-state index in [0.717, 1.165) is 63.4 Å². The highest BCUT2D eigenvalue weighted by atomic mass is 16.6. The lowest BCUT2D eigenvalue weighted by atomic mass is 9.78. The van der Waals surface area contributed by atoms with E-state index in [4.69, 9.17) is 37.9 Å². The average molecular weight is 709 g/mol. The number of epoxide rings is 3. The van der Waals surface area contributed by atoms with Gasteiger partial charge in [-0.3, -0.25) is 9.59 Å². The number of benzene rings is 2. The number of ether oxygens (including phenoxy) is 8. The minimum absolute atomic E-state index is 0.0870. The van der Waals surface area contributed by atoms with Crippen LogP contribution in [0.3, 0.4) is 0 Å². The second-order valence-electron chi connectivity index (χ2n) is 15.2. The summed E-state index contributed by atoms with van der Waals surface area (Å²) in [6.07, 6.45) is 8.92. The summed E-state index contributed by atoms with van der Waals surface area (Å²) in [7, 11) is 0. The monoisotopic (exact) mass is 708 g/mol. The highest BCUT2D eigenvalue weighted by Crippen LogP contribution is 2.39. The molecule has 7 rings (SSSR count). The molecule has 4 heterocycles. The Hall–Kier alpha value is -3.18. The zero-order chi connectivity index (χ0) is 35.6. The van der Waals surface area contributed by atoms with Crippen LogP contribution in [0.2, 0.25) is 0 Å². The van der Waals surface area contributed by atoms with E-state index in [0.29, 0.717) is 76.2 Å². The van der Waals surface area contributed by atoms with Crippen LogP contribution in [0, 0.1) is 11.8 Å². The Morgan fingerprint density at radius 2 is 1.18 bits per heavy atom. The average Bonchev–Trinajstić information content (AvgIpc) is 4.00. The highest BCUT2D eigenvalue weighted by Gasteiger charge is 2.44. The zero-order valence-corrected chi connectivity index (χ0v) is 30.6. The van der Waals surface area contributed by atoms with Crippen molar-refractivity contribution in [1.82, 2.24) is 0 Å². The molecule has 0 spiro atoms. The van der Waals surface area contributed by atoms with Crippen LogP contribution in [-0.4, -0.2) is 88.7 Å². The summed E-state index contributed by atoms with van der Waals surface area (Å²) in [5.74, 6) is 2.31. The summed E-state index contributed by atoms with van der Waals surface area (Å²) in [6, 6.07) is 16.7. The molecule has 0 aromatic heterocycles. The van der Waals surface area contributed by atoms with Crippen LogP contribution < -0.4 is 9.47 Å². The van der Waals surface area contributed by atoms with Gasteiger partial charge in [0.15, 0.2) is 0 Å². The summed E-state index contributed by atoms with van der Waals surface area (Å²) in [6.45, 7) is 11.2. The third-order valence-electron chi connectivity index (χ3n) is 10.5. The Morgan fingerprint density at radius 1 is 0.667 bits per heavy atom. The molecule has 0 radical (unpaired) electrons. The van der Waals surface area contributed by atoms with E-state index >= 15 is 0 Å². The molecule has 51 heavy (non-hydrogen) atoms. The second kappa shape index (κ2) is 18.0. The van der Waals surface area contributed by atoms with Crippen LogP contribution in [0.4, 0.5) is 0 Å². The summed E-state index contributed by atoms with van der Waals surface area (Å²) in [5.41, 5.74) is 2.42. The number of hydrogen-bond acceptors (Lipinski definition) is 10. The van der Waals surface area contributed by atoms with E-state index in [-0.39, 0.29) is 35.7 Å². The first kappa shape index (κ1) is 37.6. The topological polar surface area (TPSA) is 118 Å². The van der Waals surface area contributed by atoms with Crippen LogP contribution in [0.25, 0.3) is 0 Å². The first-order valence-corrected chi connectivity index (χ1v) is 19.0. The maximum absolute atomic E-state index is 11.8. The zero-order valence-electron chi connectivity index (χ0n) is 30.6. The number of carbonyl (C=O) groups is 2. The molecule has 0 N–H and O–H groups in total. The Morgan fingerprint density at radius 3 is 1.65 bits per heavy atom. The number of hydrogen-bond donors (Lipinski definition) is 0. The van der Waals surface area contributed by atoms with E-state index in [1.54, 1.807) is 0 Å². The maximum atomic E-state index is 11.8. The summed E-state index contributed by atoms with van der Waals surface area (Å²) in [4.78, 5) is 23.6. The summed E-state index contributed by atoms with van der Waals surface area (Å²) >= 11 is 0. The second-order valence-corrected chi connectivity index (χ2v) is 15.2. The lowest BCUT2D eigenvalue weighted by Crippen LogP contribution is -2.27. The normalized spacial score (nSPS) is 27.5. The van der Waals surface area contributed by atoms with Gasteiger partial charge in [0, 0.05) is 24.9 Å². The summed E-state index contributed by atoms with van der Waals surface area (Å²) in [5, 5.41) is 0. The molecule has 2 aromatic carbocycles. The van der Waals surface area contributed by atoms with Gasteiger partial charge in [0.05, 0.1) is 44.7 Å². The Balaban J connectivity index is 0.000000176. The van der Waals surface area contributed by atoms with Gasteiger partial charge in [-0.1, -0.05) is 38.1 Å². The molecule has 1 saturated carbocycles. The lowest BCUT2D eigenvalue weighted by Gasteiger charge is -2.26. The fraction of sp³-hybridized carbons (Fsp3) is 0.659. The molecule has 7 atom stereocenters. The van der Waals surface area contributed by atoms with E-state index in [2.05, 4.69) is 45.0 Å². The first-order valence-electron chi connectivity index (χ1n) is 19.0. The Labute approximate surface area is 302 Å². The number of esters is 2. The smallest absolute Gasteiger partial charge is 0.305 e. The molecule has 7 unspecified atom stereocenters. The third-order valence-corrected chi connectivity index (χ3v) is 10.5. The van der Waals surface area contributed by atoms with Crippen molar-refractivity contribution in [2.24, 2.45) is 11.8 Å². The van der Waals surface area contributed by atoms with Gasteiger partial charge in [0.2, 0.25) is 0 Å². The van der Waals surface area contributed by atoms with E-state index in [1.807, 2.05) is 24.3 Å². The van der Waals surface area contributed by atoms with Gasteiger partial charge in [-0.25, -0.2) is 0 Å². The minimum Gasteiger partial charge on any atom is -0.491 e. The standard InChI is InChI=1S/C21H24O4.C20H32O6/c1-21(2,15-3-7-17(8-4-15)22-11-19-13-24-19)16-5-9-18(10-6-16)23-12-20-14-25-20;1-14-10-16(8-9-23-14)13-25-20(22)5-3-2-4-19(21)24-12-15-6-7-17-18(11-15)26-17/h3-10,19-20H,11-14H2,1-2H3;14-18H,2-13H2,1H3. The van der Waals surface area contributed by atoms with Crippen molar-refractivity contribution in [1.29, 1.82) is 0 Å². The predicted molar refractivity (Wildman–Crippen MR) is 190 cm³/mol. The first-order chi connectivity index (χ1) is 24.7. The van der Waals surface area contributed by atoms with Crippen LogP contribution in [0.15, 0.2) is 48.5 Å². The molecule has 5 aliphatic rings. The van der Waals surface area contributed by atoms with Gasteiger partial charge in [0.25, 0.3) is 0 Å². The SMILES string of the molecule is CC(C)(c1ccc(OCC2CO2)cc1)c1ccc(OCC2CO2)cc1.CC1CC(COC(=O)CCCCC(=O)OCC2CCC3OC3C2)CCO1. The molecular weight excluding hydrogens is 652 g/mol. The molecule has 280 valence electrons. The van der Waals surface area contributed by atoms with Crippen molar-refractivity contribution in [3.8, 4) is 11.5 Å². The molecule has 1 aliphatic carbocycles. The van der Waals surface area contributed by atoms with Gasteiger partial charge < -0.3 is 37.9 Å². The highest BCUT2D eigenvalue weighted by molar-refractivity contribution is 5.70. The van der Waals surface area contributed by atoms with E-state index < -0.39 is 0 Å². The van der Waals surface area contributed by atoms with E-state index in [9.17, 15) is 9.59 Å². The van der Waals surface area contributed by atoms with Crippen molar-refractivity contribution < 1.29 is 47.5 Å².